The van der Waals surface area contributed by atoms with E-state index >= 15 is 0 Å². The Hall–Kier alpha value is -1.13. The summed E-state index contributed by atoms with van der Waals surface area (Å²) in [7, 11) is 4.14. The second-order valence-corrected chi connectivity index (χ2v) is 6.34. The number of pyridine rings is 1. The summed E-state index contributed by atoms with van der Waals surface area (Å²) in [6.07, 6.45) is 1.76. The fourth-order valence-electron chi connectivity index (χ4n) is 2.71. The van der Waals surface area contributed by atoms with E-state index in [1.54, 1.807) is 0 Å². The fraction of sp³-hybridized carbons (Fsp3) is 0.688. The van der Waals surface area contributed by atoms with Crippen LogP contribution in [0.2, 0.25) is 0 Å². The second kappa shape index (κ2) is 6.55. The summed E-state index contributed by atoms with van der Waals surface area (Å²) in [6, 6.07) is 4.30. The molecule has 1 N–H and O–H groups in total. The predicted molar refractivity (Wildman–Crippen MR) is 83.2 cm³/mol. The quantitative estimate of drug-likeness (QED) is 0.916. The van der Waals surface area contributed by atoms with Crippen molar-refractivity contribution in [1.29, 1.82) is 0 Å². The number of hydrogen-bond donors (Lipinski definition) is 1. The molecular weight excluding hydrogens is 250 g/mol. The SMILES string of the molecule is CC(C)c1ccc(N2CCCC(O)C2)c(CN(C)C)n1. The largest absolute Gasteiger partial charge is 0.391 e. The molecule has 1 saturated heterocycles. The molecule has 0 bridgehead atoms. The summed E-state index contributed by atoms with van der Waals surface area (Å²) < 4.78 is 0. The molecule has 4 nitrogen and oxygen atoms in total. The van der Waals surface area contributed by atoms with Gasteiger partial charge in [0.05, 0.1) is 17.5 Å². The third kappa shape index (κ3) is 3.70. The van der Waals surface area contributed by atoms with Crippen molar-refractivity contribution in [2.24, 2.45) is 0 Å². The Bertz CT molecular complexity index is 445. The van der Waals surface area contributed by atoms with Crippen molar-refractivity contribution in [3.05, 3.63) is 23.5 Å². The molecule has 1 fully saturated rings. The molecule has 0 aliphatic carbocycles. The van der Waals surface area contributed by atoms with E-state index in [1.165, 1.54) is 5.69 Å². The van der Waals surface area contributed by atoms with Gasteiger partial charge < -0.3 is 14.9 Å². The maximum absolute atomic E-state index is 9.88. The predicted octanol–water partition coefficient (Wildman–Crippen LogP) is 2.23. The van der Waals surface area contributed by atoms with E-state index in [9.17, 15) is 5.11 Å². The Labute approximate surface area is 122 Å². The van der Waals surface area contributed by atoms with Crippen molar-refractivity contribution < 1.29 is 5.11 Å². The minimum Gasteiger partial charge on any atom is -0.391 e. The molecule has 1 aliphatic rings. The average molecular weight is 277 g/mol. The van der Waals surface area contributed by atoms with Crippen molar-refractivity contribution in [3.8, 4) is 0 Å². The normalized spacial score (nSPS) is 19.9. The highest BCUT2D eigenvalue weighted by atomic mass is 16.3. The van der Waals surface area contributed by atoms with Crippen LogP contribution in [0.3, 0.4) is 0 Å². The first-order valence-electron chi connectivity index (χ1n) is 7.55. The molecule has 0 saturated carbocycles. The van der Waals surface area contributed by atoms with Gasteiger partial charge in [-0.15, -0.1) is 0 Å². The van der Waals surface area contributed by atoms with Crippen molar-refractivity contribution in [3.63, 3.8) is 0 Å². The van der Waals surface area contributed by atoms with Crippen molar-refractivity contribution in [2.75, 3.05) is 32.1 Å². The van der Waals surface area contributed by atoms with E-state index in [-0.39, 0.29) is 6.10 Å². The van der Waals surface area contributed by atoms with Gasteiger partial charge in [0.15, 0.2) is 0 Å². The molecule has 0 spiro atoms. The molecule has 0 radical (unpaired) electrons. The van der Waals surface area contributed by atoms with Crippen LogP contribution in [-0.4, -0.2) is 48.3 Å². The van der Waals surface area contributed by atoms with E-state index in [0.717, 1.165) is 43.9 Å². The number of aliphatic hydroxyl groups excluding tert-OH is 1. The molecule has 0 aromatic carbocycles. The van der Waals surface area contributed by atoms with Crippen molar-refractivity contribution in [2.45, 2.75) is 45.3 Å². The van der Waals surface area contributed by atoms with Gasteiger partial charge in [0.1, 0.15) is 0 Å². The second-order valence-electron chi connectivity index (χ2n) is 6.34. The first kappa shape index (κ1) is 15.3. The van der Waals surface area contributed by atoms with Crippen LogP contribution < -0.4 is 4.90 Å². The number of aromatic nitrogens is 1. The molecule has 112 valence electrons. The lowest BCUT2D eigenvalue weighted by Crippen LogP contribution is -2.39. The van der Waals surface area contributed by atoms with E-state index in [2.05, 4.69) is 49.9 Å². The summed E-state index contributed by atoms with van der Waals surface area (Å²) in [5.74, 6) is 0.442. The molecule has 0 amide bonds. The molecule has 20 heavy (non-hydrogen) atoms. The molecule has 1 unspecified atom stereocenters. The highest BCUT2D eigenvalue weighted by Gasteiger charge is 2.21. The lowest BCUT2D eigenvalue weighted by Gasteiger charge is -2.33. The minimum absolute atomic E-state index is 0.208. The van der Waals surface area contributed by atoms with Crippen LogP contribution in [-0.2, 0) is 6.54 Å². The highest BCUT2D eigenvalue weighted by molar-refractivity contribution is 5.52. The lowest BCUT2D eigenvalue weighted by molar-refractivity contribution is 0.154. The van der Waals surface area contributed by atoms with E-state index < -0.39 is 0 Å². The molecule has 2 heterocycles. The van der Waals surface area contributed by atoms with Gasteiger partial charge in [-0.25, -0.2) is 0 Å². The van der Waals surface area contributed by atoms with Gasteiger partial charge in [-0.3, -0.25) is 4.98 Å². The maximum atomic E-state index is 9.88. The topological polar surface area (TPSA) is 39.6 Å². The Morgan fingerprint density at radius 1 is 1.40 bits per heavy atom. The maximum Gasteiger partial charge on any atom is 0.0780 e. The molecule has 2 rings (SSSR count). The van der Waals surface area contributed by atoms with Crippen LogP contribution in [0, 0.1) is 0 Å². The van der Waals surface area contributed by atoms with E-state index in [1.807, 2.05) is 0 Å². The number of nitrogens with zero attached hydrogens (tertiary/aromatic N) is 3. The summed E-state index contributed by atoms with van der Waals surface area (Å²) >= 11 is 0. The lowest BCUT2D eigenvalue weighted by atomic mass is 10.1. The molecular formula is C16H27N3O. The Kier molecular flexibility index (Phi) is 5.00. The Morgan fingerprint density at radius 3 is 2.75 bits per heavy atom. The van der Waals surface area contributed by atoms with E-state index in [4.69, 9.17) is 4.98 Å². The number of aliphatic hydroxyl groups is 1. The zero-order chi connectivity index (χ0) is 14.7. The molecule has 4 heteroatoms. The first-order chi connectivity index (χ1) is 9.47. The zero-order valence-corrected chi connectivity index (χ0v) is 13.1. The van der Waals surface area contributed by atoms with Gasteiger partial charge >= 0.3 is 0 Å². The van der Waals surface area contributed by atoms with Crippen LogP contribution in [0.25, 0.3) is 0 Å². The third-order valence-electron chi connectivity index (χ3n) is 3.77. The van der Waals surface area contributed by atoms with Crippen LogP contribution >= 0.6 is 0 Å². The summed E-state index contributed by atoms with van der Waals surface area (Å²) in [5, 5.41) is 9.88. The van der Waals surface area contributed by atoms with Crippen molar-refractivity contribution >= 4 is 5.69 Å². The average Bonchev–Trinajstić information content (AvgIpc) is 2.37. The Balaban J connectivity index is 2.30. The number of anilines is 1. The number of hydrogen-bond acceptors (Lipinski definition) is 4. The summed E-state index contributed by atoms with van der Waals surface area (Å²) in [5.41, 5.74) is 3.44. The monoisotopic (exact) mass is 277 g/mol. The van der Waals surface area contributed by atoms with Crippen LogP contribution in [0.15, 0.2) is 12.1 Å². The summed E-state index contributed by atoms with van der Waals surface area (Å²) in [6.45, 7) is 6.92. The standard InChI is InChI=1S/C16H27N3O/c1-12(2)14-7-8-16(15(17-14)11-18(3)4)19-9-5-6-13(20)10-19/h7-8,12-13,20H,5-6,9-11H2,1-4H3. The van der Waals surface area contributed by atoms with Gasteiger partial charge in [0.25, 0.3) is 0 Å². The van der Waals surface area contributed by atoms with Gasteiger partial charge in [0, 0.05) is 25.3 Å². The van der Waals surface area contributed by atoms with Crippen LogP contribution in [0.4, 0.5) is 5.69 Å². The van der Waals surface area contributed by atoms with Gasteiger partial charge in [0.2, 0.25) is 0 Å². The summed E-state index contributed by atoms with van der Waals surface area (Å²) in [4.78, 5) is 9.28. The minimum atomic E-state index is -0.208. The third-order valence-corrected chi connectivity index (χ3v) is 3.77. The molecule has 1 aromatic rings. The molecule has 1 aliphatic heterocycles. The number of piperidine rings is 1. The number of β-amino-alcohol motifs (C(OH)–C–C–N with tert-alkyl or cyclic N) is 1. The number of rotatable bonds is 4. The smallest absolute Gasteiger partial charge is 0.0780 e. The van der Waals surface area contributed by atoms with Gasteiger partial charge in [-0.1, -0.05) is 13.8 Å². The van der Waals surface area contributed by atoms with Crippen LogP contribution in [0.1, 0.15) is 44.0 Å². The Morgan fingerprint density at radius 2 is 2.15 bits per heavy atom. The van der Waals surface area contributed by atoms with Crippen LogP contribution in [0.5, 0.6) is 0 Å². The molecule has 1 aromatic heterocycles. The first-order valence-corrected chi connectivity index (χ1v) is 7.55. The van der Waals surface area contributed by atoms with Gasteiger partial charge in [-0.2, -0.15) is 0 Å². The van der Waals surface area contributed by atoms with Crippen molar-refractivity contribution in [1.82, 2.24) is 9.88 Å². The molecule has 1 atom stereocenters. The highest BCUT2D eigenvalue weighted by Crippen LogP contribution is 2.26. The van der Waals surface area contributed by atoms with E-state index in [0.29, 0.717) is 5.92 Å². The van der Waals surface area contributed by atoms with Gasteiger partial charge in [-0.05, 0) is 45.0 Å². The zero-order valence-electron chi connectivity index (χ0n) is 13.1. The fourth-order valence-corrected chi connectivity index (χ4v) is 2.71.